The second kappa shape index (κ2) is 4.01. The quantitative estimate of drug-likeness (QED) is 0.798. The van der Waals surface area contributed by atoms with Gasteiger partial charge in [-0.3, -0.25) is 0 Å². The summed E-state index contributed by atoms with van der Waals surface area (Å²) in [5.41, 5.74) is 0.839. The maximum absolute atomic E-state index is 5.25. The molecule has 0 radical (unpaired) electrons. The third kappa shape index (κ3) is 2.32. The van der Waals surface area contributed by atoms with E-state index >= 15 is 0 Å². The number of halogens is 1. The van der Waals surface area contributed by atoms with E-state index < -0.39 is 0 Å². The minimum absolute atomic E-state index is 0.114. The van der Waals surface area contributed by atoms with Gasteiger partial charge >= 0.3 is 0 Å². The van der Waals surface area contributed by atoms with E-state index in [0.29, 0.717) is 11.7 Å². The van der Waals surface area contributed by atoms with Crippen LogP contribution in [0, 0.1) is 0 Å². The molecular formula is C12H13BrN2O. The standard InChI is InChI=1S/C12H13BrN2O/c1-12(2,3)11-14-10(15-16-11)8-5-4-6-9(13)7-8/h4-7H,1-3H3. The third-order valence-corrected chi connectivity index (χ3v) is 2.64. The second-order valence-corrected chi connectivity index (χ2v) is 5.60. The molecule has 2 rings (SSSR count). The maximum Gasteiger partial charge on any atom is 0.232 e. The summed E-state index contributed by atoms with van der Waals surface area (Å²) < 4.78 is 6.25. The van der Waals surface area contributed by atoms with Crippen molar-refractivity contribution in [1.29, 1.82) is 0 Å². The van der Waals surface area contributed by atoms with Gasteiger partial charge in [-0.2, -0.15) is 4.98 Å². The lowest BCUT2D eigenvalue weighted by molar-refractivity contribution is 0.321. The lowest BCUT2D eigenvalue weighted by Crippen LogP contribution is -2.11. The van der Waals surface area contributed by atoms with Gasteiger partial charge in [-0.15, -0.1) is 0 Å². The van der Waals surface area contributed by atoms with Crippen molar-refractivity contribution in [1.82, 2.24) is 10.1 Å². The molecule has 0 bridgehead atoms. The van der Waals surface area contributed by atoms with Crippen LogP contribution < -0.4 is 0 Å². The smallest absolute Gasteiger partial charge is 0.232 e. The molecule has 3 nitrogen and oxygen atoms in total. The molecule has 0 amide bonds. The number of rotatable bonds is 1. The molecule has 0 N–H and O–H groups in total. The van der Waals surface area contributed by atoms with Crippen LogP contribution in [0.4, 0.5) is 0 Å². The van der Waals surface area contributed by atoms with Gasteiger partial charge < -0.3 is 4.52 Å². The largest absolute Gasteiger partial charge is 0.338 e. The van der Waals surface area contributed by atoms with E-state index in [2.05, 4.69) is 26.1 Å². The van der Waals surface area contributed by atoms with Crippen molar-refractivity contribution in [3.05, 3.63) is 34.6 Å². The highest BCUT2D eigenvalue weighted by Crippen LogP contribution is 2.25. The number of hydrogen-bond acceptors (Lipinski definition) is 3. The fraction of sp³-hybridized carbons (Fsp3) is 0.333. The van der Waals surface area contributed by atoms with Gasteiger partial charge in [0.2, 0.25) is 11.7 Å². The van der Waals surface area contributed by atoms with Gasteiger partial charge in [-0.05, 0) is 12.1 Å². The average Bonchev–Trinajstić information content (AvgIpc) is 2.65. The highest BCUT2D eigenvalue weighted by Gasteiger charge is 2.22. The van der Waals surface area contributed by atoms with Crippen molar-refractivity contribution < 1.29 is 4.52 Å². The molecular weight excluding hydrogens is 268 g/mol. The predicted molar refractivity (Wildman–Crippen MR) is 66.1 cm³/mol. The summed E-state index contributed by atoms with van der Waals surface area (Å²) in [6.07, 6.45) is 0. The first-order valence-electron chi connectivity index (χ1n) is 5.07. The Kier molecular flexibility index (Phi) is 2.84. The van der Waals surface area contributed by atoms with E-state index in [1.165, 1.54) is 0 Å². The molecule has 0 spiro atoms. The zero-order chi connectivity index (χ0) is 11.8. The van der Waals surface area contributed by atoms with E-state index in [-0.39, 0.29) is 5.41 Å². The van der Waals surface area contributed by atoms with E-state index in [9.17, 15) is 0 Å². The van der Waals surface area contributed by atoms with Gasteiger partial charge in [0.05, 0.1) is 0 Å². The van der Waals surface area contributed by atoms with Gasteiger partial charge in [-0.25, -0.2) is 0 Å². The molecule has 0 saturated heterocycles. The molecule has 0 aliphatic rings. The highest BCUT2D eigenvalue weighted by molar-refractivity contribution is 9.10. The molecule has 0 aliphatic carbocycles. The van der Waals surface area contributed by atoms with E-state index in [0.717, 1.165) is 10.0 Å². The summed E-state index contributed by atoms with van der Waals surface area (Å²) in [5, 5.41) is 3.99. The molecule has 0 fully saturated rings. The Morgan fingerprint density at radius 1 is 1.25 bits per heavy atom. The Bertz CT molecular complexity index is 500. The summed E-state index contributed by atoms with van der Waals surface area (Å²) in [7, 11) is 0. The topological polar surface area (TPSA) is 38.9 Å². The van der Waals surface area contributed by atoms with Gasteiger partial charge in [-0.1, -0.05) is 54.0 Å². The fourth-order valence-corrected chi connectivity index (χ4v) is 1.67. The summed E-state index contributed by atoms with van der Waals surface area (Å²) in [6.45, 7) is 6.14. The van der Waals surface area contributed by atoms with Crippen molar-refractivity contribution in [2.24, 2.45) is 0 Å². The predicted octanol–water partition coefficient (Wildman–Crippen LogP) is 3.80. The number of aromatic nitrogens is 2. The van der Waals surface area contributed by atoms with Crippen molar-refractivity contribution in [2.75, 3.05) is 0 Å². The molecule has 16 heavy (non-hydrogen) atoms. The normalized spacial score (nSPS) is 11.8. The first kappa shape index (κ1) is 11.3. The van der Waals surface area contributed by atoms with Crippen LogP contribution in [0.3, 0.4) is 0 Å². The van der Waals surface area contributed by atoms with E-state index in [1.54, 1.807) is 0 Å². The SMILES string of the molecule is CC(C)(C)c1nc(-c2cccc(Br)c2)no1. The van der Waals surface area contributed by atoms with Crippen LogP contribution in [-0.4, -0.2) is 10.1 Å². The number of nitrogens with zero attached hydrogens (tertiary/aromatic N) is 2. The van der Waals surface area contributed by atoms with Crippen LogP contribution in [0.1, 0.15) is 26.7 Å². The van der Waals surface area contributed by atoms with Crippen LogP contribution >= 0.6 is 15.9 Å². The van der Waals surface area contributed by atoms with E-state index in [1.807, 2.05) is 45.0 Å². The number of hydrogen-bond donors (Lipinski definition) is 0. The molecule has 0 saturated carbocycles. The molecule has 1 aromatic heterocycles. The molecule has 84 valence electrons. The van der Waals surface area contributed by atoms with E-state index in [4.69, 9.17) is 4.52 Å². The Morgan fingerprint density at radius 3 is 2.56 bits per heavy atom. The van der Waals surface area contributed by atoms with Gasteiger partial charge in [0, 0.05) is 15.5 Å². The first-order chi connectivity index (χ1) is 7.47. The lowest BCUT2D eigenvalue weighted by Gasteiger charge is -2.10. The number of benzene rings is 1. The summed E-state index contributed by atoms with van der Waals surface area (Å²) in [4.78, 5) is 4.39. The van der Waals surface area contributed by atoms with Crippen molar-refractivity contribution in [3.8, 4) is 11.4 Å². The van der Waals surface area contributed by atoms with Crippen LogP contribution in [0.5, 0.6) is 0 Å². The summed E-state index contributed by atoms with van der Waals surface area (Å²) >= 11 is 3.42. The molecule has 4 heteroatoms. The first-order valence-corrected chi connectivity index (χ1v) is 5.86. The zero-order valence-corrected chi connectivity index (χ0v) is 11.1. The monoisotopic (exact) mass is 280 g/mol. The summed E-state index contributed by atoms with van der Waals surface area (Å²) in [6, 6.07) is 7.85. The minimum atomic E-state index is -0.114. The van der Waals surface area contributed by atoms with Gasteiger partial charge in [0.15, 0.2) is 0 Å². The molecule has 1 aromatic carbocycles. The lowest BCUT2D eigenvalue weighted by atomic mass is 9.97. The molecule has 1 heterocycles. The molecule has 2 aromatic rings. The Balaban J connectivity index is 2.39. The molecule has 0 unspecified atom stereocenters. The van der Waals surface area contributed by atoms with Crippen LogP contribution in [-0.2, 0) is 5.41 Å². The van der Waals surface area contributed by atoms with Crippen LogP contribution in [0.15, 0.2) is 33.3 Å². The van der Waals surface area contributed by atoms with Crippen molar-refractivity contribution in [2.45, 2.75) is 26.2 Å². The average molecular weight is 281 g/mol. The Labute approximate surface area is 103 Å². The minimum Gasteiger partial charge on any atom is -0.338 e. The Morgan fingerprint density at radius 2 is 2.00 bits per heavy atom. The van der Waals surface area contributed by atoms with Crippen molar-refractivity contribution >= 4 is 15.9 Å². The van der Waals surface area contributed by atoms with Crippen molar-refractivity contribution in [3.63, 3.8) is 0 Å². The zero-order valence-electron chi connectivity index (χ0n) is 9.49. The second-order valence-electron chi connectivity index (χ2n) is 4.68. The highest BCUT2D eigenvalue weighted by atomic mass is 79.9. The summed E-state index contributed by atoms with van der Waals surface area (Å²) in [5.74, 6) is 1.29. The molecule has 0 atom stereocenters. The van der Waals surface area contributed by atoms with Crippen LogP contribution in [0.25, 0.3) is 11.4 Å². The van der Waals surface area contributed by atoms with Gasteiger partial charge in [0.25, 0.3) is 0 Å². The maximum atomic E-state index is 5.25. The van der Waals surface area contributed by atoms with Crippen LogP contribution in [0.2, 0.25) is 0 Å². The molecule has 0 aliphatic heterocycles. The fourth-order valence-electron chi connectivity index (χ4n) is 1.27. The van der Waals surface area contributed by atoms with Gasteiger partial charge in [0.1, 0.15) is 0 Å². The Hall–Kier alpha value is -1.16. The third-order valence-electron chi connectivity index (χ3n) is 2.15.